The summed E-state index contributed by atoms with van der Waals surface area (Å²) in [5.41, 5.74) is 0. The molecule has 262 valence electrons. The van der Waals surface area contributed by atoms with Gasteiger partial charge in [-0.1, -0.05) is 155 Å². The molecular weight excluding hydrogens is 597 g/mol. The molecule has 0 aliphatic heterocycles. The first-order valence-electron chi connectivity index (χ1n) is 21.3. The molecule has 0 saturated heterocycles. The van der Waals surface area contributed by atoms with Gasteiger partial charge in [0.25, 0.3) is 0 Å². The summed E-state index contributed by atoms with van der Waals surface area (Å²) >= 11 is 0. The van der Waals surface area contributed by atoms with E-state index in [-0.39, 0.29) is 0 Å². The van der Waals surface area contributed by atoms with Gasteiger partial charge in [-0.3, -0.25) is 0 Å². The highest BCUT2D eigenvalue weighted by Gasteiger charge is 2.64. The minimum absolute atomic E-state index is 0.353. The van der Waals surface area contributed by atoms with Crippen molar-refractivity contribution in [2.75, 3.05) is 0 Å². The average Bonchev–Trinajstić information content (AvgIpc) is 3.10. The van der Waals surface area contributed by atoms with Crippen molar-refractivity contribution in [1.29, 1.82) is 0 Å². The summed E-state index contributed by atoms with van der Waals surface area (Å²) in [6.45, 7) is 4.95. The maximum absolute atomic E-state index is 3.94. The first kappa shape index (κ1) is 37.5. The lowest BCUT2D eigenvalue weighted by Gasteiger charge is -2.67. The second-order valence-corrected chi connectivity index (χ2v) is 20.7. The van der Waals surface area contributed by atoms with Crippen LogP contribution in [0.25, 0.3) is 0 Å². The Kier molecular flexibility index (Phi) is 15.0. The predicted octanol–water partition coefficient (Wildman–Crippen LogP) is 14.0. The van der Waals surface area contributed by atoms with E-state index in [0.717, 1.165) is 41.4 Å². The van der Waals surface area contributed by atoms with Crippen LogP contribution in [-0.4, -0.2) is 15.5 Å². The Labute approximate surface area is 290 Å². The fourth-order valence-corrected chi connectivity index (χ4v) is 16.8. The van der Waals surface area contributed by atoms with Gasteiger partial charge in [0.2, 0.25) is 0 Å². The van der Waals surface area contributed by atoms with Crippen molar-refractivity contribution in [3.8, 4) is 0 Å². The second-order valence-electron chi connectivity index (χ2n) is 17.7. The maximum Gasteiger partial charge on any atom is 0.000201 e. The van der Waals surface area contributed by atoms with Crippen molar-refractivity contribution >= 4 is 27.7 Å². The van der Waals surface area contributed by atoms with Crippen molar-refractivity contribution in [2.24, 2.45) is 41.4 Å². The van der Waals surface area contributed by atoms with Gasteiger partial charge in [-0.25, -0.2) is 0 Å². The topological polar surface area (TPSA) is 0 Å². The monoisotopic (exact) mass is 677 g/mol. The van der Waals surface area contributed by atoms with E-state index in [1.807, 2.05) is 0 Å². The number of rotatable bonds is 14. The highest BCUT2D eigenvalue weighted by atomic mass is 31.0. The molecule has 45 heavy (non-hydrogen) atoms. The molecule has 0 aromatic carbocycles. The third-order valence-corrected chi connectivity index (χ3v) is 19.7. The summed E-state index contributed by atoms with van der Waals surface area (Å²) < 4.78 is 0. The molecule has 5 aliphatic carbocycles. The lowest BCUT2D eigenvalue weighted by molar-refractivity contribution is 0.00264. The molecule has 0 aromatic rings. The van der Waals surface area contributed by atoms with Crippen LogP contribution in [-0.2, 0) is 0 Å². The normalized spacial score (nSPS) is 32.9. The SMILES string of the molecule is CCCCC(C1CCCCC1)C(P)(C1CCCCC1)C1CCCCC1(P)C(P)(C1CCCCC1)C(CCCC)C1CCCCC1. The lowest BCUT2D eigenvalue weighted by Crippen LogP contribution is -2.67. The van der Waals surface area contributed by atoms with Gasteiger partial charge in [0, 0.05) is 5.16 Å². The van der Waals surface area contributed by atoms with E-state index >= 15 is 0 Å². The van der Waals surface area contributed by atoms with Crippen LogP contribution < -0.4 is 0 Å². The van der Waals surface area contributed by atoms with Crippen LogP contribution in [0.4, 0.5) is 0 Å². The Morgan fingerprint density at radius 3 is 1.47 bits per heavy atom. The summed E-state index contributed by atoms with van der Waals surface area (Å²) in [7, 11) is 11.8. The molecule has 0 bridgehead atoms. The molecule has 5 aliphatic rings. The van der Waals surface area contributed by atoms with Crippen LogP contribution in [0.2, 0.25) is 0 Å². The summed E-state index contributed by atoms with van der Waals surface area (Å²) in [5, 5.41) is 1.14. The van der Waals surface area contributed by atoms with Gasteiger partial charge in [-0.15, -0.1) is 27.7 Å². The van der Waals surface area contributed by atoms with Crippen LogP contribution in [0.3, 0.4) is 0 Å². The zero-order chi connectivity index (χ0) is 31.8. The molecule has 0 aromatic heterocycles. The zero-order valence-electron chi connectivity index (χ0n) is 30.5. The summed E-state index contributed by atoms with van der Waals surface area (Å²) in [5.74, 6) is 6.42. The summed E-state index contributed by atoms with van der Waals surface area (Å²) in [6, 6.07) is 0. The molecule has 9 unspecified atom stereocenters. The van der Waals surface area contributed by atoms with Gasteiger partial charge in [0.1, 0.15) is 0 Å². The summed E-state index contributed by atoms with van der Waals surface area (Å²) in [6.07, 6.45) is 44.8. The predicted molar refractivity (Wildman–Crippen MR) is 212 cm³/mol. The average molecular weight is 677 g/mol. The molecule has 0 heterocycles. The third-order valence-electron chi connectivity index (χ3n) is 15.4. The molecular formula is C42H79P3. The Hall–Kier alpha value is 1.29. The molecule has 5 fully saturated rings. The van der Waals surface area contributed by atoms with E-state index in [1.165, 1.54) is 193 Å². The van der Waals surface area contributed by atoms with E-state index < -0.39 is 0 Å². The van der Waals surface area contributed by atoms with Gasteiger partial charge < -0.3 is 0 Å². The molecule has 3 heteroatoms. The van der Waals surface area contributed by atoms with Gasteiger partial charge >= 0.3 is 0 Å². The van der Waals surface area contributed by atoms with Crippen molar-refractivity contribution in [2.45, 2.75) is 222 Å². The minimum atomic E-state index is 0.353. The van der Waals surface area contributed by atoms with Crippen LogP contribution in [0.5, 0.6) is 0 Å². The van der Waals surface area contributed by atoms with Crippen molar-refractivity contribution in [3.63, 3.8) is 0 Å². The van der Waals surface area contributed by atoms with E-state index in [1.54, 1.807) is 0 Å². The van der Waals surface area contributed by atoms with Gasteiger partial charge in [-0.05, 0) is 103 Å². The molecule has 0 radical (unpaired) electrons. The van der Waals surface area contributed by atoms with Crippen LogP contribution in [0.1, 0.15) is 206 Å². The Balaban J connectivity index is 1.65. The Bertz CT molecular complexity index is 835. The quantitative estimate of drug-likeness (QED) is 0.161. The first-order valence-corrected chi connectivity index (χ1v) is 23.0. The molecule has 9 atom stereocenters. The molecule has 0 nitrogen and oxygen atoms in total. The van der Waals surface area contributed by atoms with Gasteiger partial charge in [0.05, 0.1) is 0 Å². The van der Waals surface area contributed by atoms with E-state index in [2.05, 4.69) is 41.6 Å². The summed E-state index contributed by atoms with van der Waals surface area (Å²) in [4.78, 5) is 0. The van der Waals surface area contributed by atoms with Gasteiger partial charge in [-0.2, -0.15) is 0 Å². The zero-order valence-corrected chi connectivity index (χ0v) is 34.0. The van der Waals surface area contributed by atoms with E-state index in [0.29, 0.717) is 15.5 Å². The van der Waals surface area contributed by atoms with Crippen molar-refractivity contribution < 1.29 is 0 Å². The number of hydrogen-bond acceptors (Lipinski definition) is 0. The van der Waals surface area contributed by atoms with Crippen LogP contribution in [0, 0.1) is 41.4 Å². The van der Waals surface area contributed by atoms with Crippen molar-refractivity contribution in [1.82, 2.24) is 0 Å². The number of unbranched alkanes of at least 4 members (excludes halogenated alkanes) is 2. The highest BCUT2D eigenvalue weighted by Crippen LogP contribution is 2.69. The van der Waals surface area contributed by atoms with Crippen LogP contribution in [0.15, 0.2) is 0 Å². The largest absolute Gasteiger partial charge is 0.130 e. The molecule has 0 spiro atoms. The first-order chi connectivity index (χ1) is 21.9. The minimum Gasteiger partial charge on any atom is -0.130 e. The Morgan fingerprint density at radius 1 is 0.533 bits per heavy atom. The standard InChI is InChI=1S/C42H79P3/c1-3-5-29-37(33-21-11-7-12-22-33)41(44,35-25-15-9-16-26-35)39-31-19-20-32-40(39,43)42(45,36-27-17-10-18-28-36)38(30-6-4-2)34-23-13-8-14-24-34/h33-39H,3-32,43-45H2,1-2H3. The fraction of sp³-hybridized carbons (Fsp3) is 1.00. The molecule has 5 rings (SSSR count). The smallest absolute Gasteiger partial charge is 0.000201 e. The molecule has 5 saturated carbocycles. The van der Waals surface area contributed by atoms with Crippen LogP contribution >= 0.6 is 27.7 Å². The fourth-order valence-electron chi connectivity index (χ4n) is 13.1. The van der Waals surface area contributed by atoms with E-state index in [9.17, 15) is 0 Å². The third kappa shape index (κ3) is 8.11. The van der Waals surface area contributed by atoms with E-state index in [4.69, 9.17) is 0 Å². The second kappa shape index (κ2) is 18.0. The molecule has 0 amide bonds. The lowest BCUT2D eigenvalue weighted by atomic mass is 9.50. The maximum atomic E-state index is 3.94. The number of hydrogen-bond donors (Lipinski definition) is 0. The highest BCUT2D eigenvalue weighted by molar-refractivity contribution is 7.25. The molecule has 0 N–H and O–H groups in total. The van der Waals surface area contributed by atoms with Crippen molar-refractivity contribution in [3.05, 3.63) is 0 Å². The van der Waals surface area contributed by atoms with Gasteiger partial charge in [0.15, 0.2) is 0 Å². The Morgan fingerprint density at radius 2 is 0.956 bits per heavy atom.